The van der Waals surface area contributed by atoms with Crippen LogP contribution in [0, 0.1) is 5.41 Å². The molecule has 1 aromatic carbocycles. The van der Waals surface area contributed by atoms with Crippen molar-refractivity contribution in [1.82, 2.24) is 19.4 Å². The summed E-state index contributed by atoms with van der Waals surface area (Å²) in [5.74, 6) is 0.301. The number of benzene rings is 1. The number of aromatic nitrogens is 2. The minimum absolute atomic E-state index is 0.0698. The molecule has 10 heteroatoms. The average molecular weight is 435 g/mol. The number of rotatable bonds is 4. The Labute approximate surface area is 176 Å². The molecule has 4 rings (SSSR count). The van der Waals surface area contributed by atoms with Gasteiger partial charge in [-0.1, -0.05) is 12.1 Å². The fraction of sp³-hybridized carbons (Fsp3) is 0.500. The number of para-hydroxylation sites is 1. The van der Waals surface area contributed by atoms with E-state index < -0.39 is 10.0 Å². The smallest absolute Gasteiger partial charge is 0.257 e. The van der Waals surface area contributed by atoms with E-state index >= 15 is 0 Å². The number of amides is 1. The molecule has 0 bridgehead atoms. The first kappa shape index (κ1) is 20.8. The largest absolute Gasteiger partial charge is 0.492 e. The highest BCUT2D eigenvalue weighted by atomic mass is 32.2. The summed E-state index contributed by atoms with van der Waals surface area (Å²) in [6, 6.07) is 6.74. The van der Waals surface area contributed by atoms with E-state index in [4.69, 9.17) is 9.47 Å². The molecule has 3 heterocycles. The third-order valence-corrected chi connectivity index (χ3v) is 7.80. The summed E-state index contributed by atoms with van der Waals surface area (Å²) < 4.78 is 39.4. The van der Waals surface area contributed by atoms with Crippen LogP contribution in [0.5, 0.6) is 5.75 Å². The lowest BCUT2D eigenvalue weighted by Crippen LogP contribution is -2.52. The van der Waals surface area contributed by atoms with Gasteiger partial charge in [0.2, 0.25) is 10.0 Å². The number of carbonyl (C=O) groups is 1. The Morgan fingerprint density at radius 1 is 1.30 bits per heavy atom. The van der Waals surface area contributed by atoms with Crippen LogP contribution in [-0.4, -0.2) is 80.2 Å². The van der Waals surface area contributed by atoms with Gasteiger partial charge in [-0.15, -0.1) is 0 Å². The predicted octanol–water partition coefficient (Wildman–Crippen LogP) is 1.36. The highest BCUT2D eigenvalue weighted by Crippen LogP contribution is 2.39. The third-order valence-electron chi connectivity index (χ3n) is 5.91. The number of H-pyrrole nitrogens is 1. The molecule has 2 aliphatic heterocycles. The second-order valence-corrected chi connectivity index (χ2v) is 9.75. The SMILES string of the molecule is COCCN1CC2(CCN(C(=O)c3cn[nH]c3)CC2)COc2ccccc2S1(=O)=O. The molecule has 1 saturated heterocycles. The van der Waals surface area contributed by atoms with Gasteiger partial charge in [0.25, 0.3) is 5.91 Å². The maximum atomic E-state index is 13.4. The van der Waals surface area contributed by atoms with E-state index in [0.29, 0.717) is 57.0 Å². The standard InChI is InChI=1S/C20H26N4O5S/c1-28-11-10-24-14-20(15-29-17-4-2-3-5-18(17)30(24,26)27)6-8-23(9-7-20)19(25)16-12-21-22-13-16/h2-5,12-13H,6-11,14-15H2,1H3,(H,21,22). The second-order valence-electron chi connectivity index (χ2n) is 7.85. The zero-order chi connectivity index (χ0) is 21.2. The number of methoxy groups -OCH3 is 1. The van der Waals surface area contributed by atoms with Gasteiger partial charge in [0.05, 0.1) is 25.0 Å². The number of nitrogens with zero attached hydrogens (tertiary/aromatic N) is 3. The third kappa shape index (κ3) is 3.94. The monoisotopic (exact) mass is 434 g/mol. The van der Waals surface area contributed by atoms with Crippen LogP contribution in [0.4, 0.5) is 0 Å². The number of fused-ring (bicyclic) bond motifs is 1. The molecule has 0 unspecified atom stereocenters. The first-order valence-corrected chi connectivity index (χ1v) is 11.4. The molecule has 30 heavy (non-hydrogen) atoms. The van der Waals surface area contributed by atoms with Crippen molar-refractivity contribution in [2.24, 2.45) is 5.41 Å². The molecule has 162 valence electrons. The first-order valence-electron chi connectivity index (χ1n) is 9.94. The Hall–Kier alpha value is -2.43. The van der Waals surface area contributed by atoms with Crippen LogP contribution in [0.3, 0.4) is 0 Å². The van der Waals surface area contributed by atoms with E-state index in [1.54, 1.807) is 42.5 Å². The first-order chi connectivity index (χ1) is 14.5. The molecule has 9 nitrogen and oxygen atoms in total. The van der Waals surface area contributed by atoms with E-state index in [0.717, 1.165) is 0 Å². The van der Waals surface area contributed by atoms with Gasteiger partial charge in [-0.3, -0.25) is 9.89 Å². The maximum absolute atomic E-state index is 13.4. The second kappa shape index (κ2) is 8.37. The fourth-order valence-electron chi connectivity index (χ4n) is 4.09. The van der Waals surface area contributed by atoms with Gasteiger partial charge in [-0.05, 0) is 25.0 Å². The van der Waals surface area contributed by atoms with Crippen molar-refractivity contribution >= 4 is 15.9 Å². The molecule has 0 saturated carbocycles. The number of carbonyl (C=O) groups excluding carboxylic acids is 1. The Morgan fingerprint density at radius 3 is 2.77 bits per heavy atom. The Morgan fingerprint density at radius 2 is 2.07 bits per heavy atom. The van der Waals surface area contributed by atoms with Crippen LogP contribution in [0.15, 0.2) is 41.6 Å². The highest BCUT2D eigenvalue weighted by molar-refractivity contribution is 7.89. The summed E-state index contributed by atoms with van der Waals surface area (Å²) in [7, 11) is -2.16. The molecule has 1 N–H and O–H groups in total. The van der Waals surface area contributed by atoms with Crippen LogP contribution in [0.1, 0.15) is 23.2 Å². The highest BCUT2D eigenvalue weighted by Gasteiger charge is 2.43. The number of hydrogen-bond acceptors (Lipinski definition) is 6. The number of aromatic amines is 1. The van der Waals surface area contributed by atoms with Crippen LogP contribution >= 0.6 is 0 Å². The lowest BCUT2D eigenvalue weighted by molar-refractivity contribution is 0.0276. The zero-order valence-corrected chi connectivity index (χ0v) is 17.7. The van der Waals surface area contributed by atoms with E-state index in [9.17, 15) is 13.2 Å². The summed E-state index contributed by atoms with van der Waals surface area (Å²) >= 11 is 0. The van der Waals surface area contributed by atoms with E-state index in [2.05, 4.69) is 10.2 Å². The van der Waals surface area contributed by atoms with Gasteiger partial charge in [0.15, 0.2) is 0 Å². The Bertz CT molecular complexity index is 984. The van der Waals surface area contributed by atoms with E-state index in [-0.39, 0.29) is 22.8 Å². The lowest BCUT2D eigenvalue weighted by Gasteiger charge is -2.44. The molecular weight excluding hydrogens is 408 g/mol. The Kier molecular flexibility index (Phi) is 5.81. The van der Waals surface area contributed by atoms with Crippen molar-refractivity contribution in [2.75, 3.05) is 46.5 Å². The van der Waals surface area contributed by atoms with Crippen LogP contribution in [-0.2, 0) is 14.8 Å². The number of nitrogens with one attached hydrogen (secondary N) is 1. The fourth-order valence-corrected chi connectivity index (χ4v) is 5.76. The van der Waals surface area contributed by atoms with Crippen LogP contribution in [0.25, 0.3) is 0 Å². The van der Waals surface area contributed by atoms with Gasteiger partial charge in [0, 0.05) is 44.9 Å². The quantitative estimate of drug-likeness (QED) is 0.779. The summed E-state index contributed by atoms with van der Waals surface area (Å²) in [6.07, 6.45) is 4.40. The summed E-state index contributed by atoms with van der Waals surface area (Å²) in [4.78, 5) is 14.6. The van der Waals surface area contributed by atoms with Gasteiger partial charge >= 0.3 is 0 Å². The molecule has 2 aromatic rings. The molecule has 0 radical (unpaired) electrons. The minimum atomic E-state index is -3.72. The van der Waals surface area contributed by atoms with Crippen LogP contribution < -0.4 is 4.74 Å². The number of piperidine rings is 1. The number of hydrogen-bond donors (Lipinski definition) is 1. The predicted molar refractivity (Wildman–Crippen MR) is 109 cm³/mol. The average Bonchev–Trinajstić information content (AvgIpc) is 3.30. The van der Waals surface area contributed by atoms with Gasteiger partial charge in [-0.25, -0.2) is 8.42 Å². The lowest BCUT2D eigenvalue weighted by atomic mass is 9.78. The van der Waals surface area contributed by atoms with Gasteiger partial charge in [-0.2, -0.15) is 9.40 Å². The number of sulfonamides is 1. The summed E-state index contributed by atoms with van der Waals surface area (Å²) in [6.45, 7) is 2.38. The normalized spacial score (nSPS) is 20.8. The van der Waals surface area contributed by atoms with Gasteiger partial charge in [0.1, 0.15) is 10.6 Å². The summed E-state index contributed by atoms with van der Waals surface area (Å²) in [5, 5.41) is 6.51. The van der Waals surface area contributed by atoms with Crippen molar-refractivity contribution < 1.29 is 22.7 Å². The molecule has 1 aromatic heterocycles. The minimum Gasteiger partial charge on any atom is -0.492 e. The topological polar surface area (TPSA) is 105 Å². The Balaban J connectivity index is 1.58. The molecule has 1 amide bonds. The number of ether oxygens (including phenoxy) is 2. The van der Waals surface area contributed by atoms with Crippen molar-refractivity contribution in [3.8, 4) is 5.75 Å². The molecule has 2 aliphatic rings. The molecule has 1 fully saturated rings. The molecule has 0 atom stereocenters. The molecular formula is C20H26N4O5S. The summed E-state index contributed by atoms with van der Waals surface area (Å²) in [5.41, 5.74) is 0.153. The van der Waals surface area contributed by atoms with E-state index in [1.807, 2.05) is 0 Å². The molecule has 1 spiro atoms. The van der Waals surface area contributed by atoms with Crippen molar-refractivity contribution in [1.29, 1.82) is 0 Å². The molecule has 0 aliphatic carbocycles. The maximum Gasteiger partial charge on any atom is 0.257 e. The van der Waals surface area contributed by atoms with E-state index in [1.165, 1.54) is 10.5 Å². The van der Waals surface area contributed by atoms with Crippen molar-refractivity contribution in [3.63, 3.8) is 0 Å². The van der Waals surface area contributed by atoms with Crippen LogP contribution in [0.2, 0.25) is 0 Å². The van der Waals surface area contributed by atoms with Crippen molar-refractivity contribution in [3.05, 3.63) is 42.2 Å². The number of likely N-dealkylation sites (tertiary alicyclic amines) is 1. The van der Waals surface area contributed by atoms with Gasteiger partial charge < -0.3 is 14.4 Å². The zero-order valence-electron chi connectivity index (χ0n) is 16.9. The van der Waals surface area contributed by atoms with Crippen molar-refractivity contribution in [2.45, 2.75) is 17.7 Å².